The predicted octanol–water partition coefficient (Wildman–Crippen LogP) is 3.44. The molecule has 1 aliphatic heterocycles. The van der Waals surface area contributed by atoms with Crippen LogP contribution < -0.4 is 0 Å². The van der Waals surface area contributed by atoms with Crippen LogP contribution in [0.15, 0.2) is 42.6 Å². The van der Waals surface area contributed by atoms with Gasteiger partial charge in [0.2, 0.25) is 5.91 Å². The number of hydrogen-bond donors (Lipinski definition) is 1. The molecule has 1 saturated heterocycles. The number of piperidine rings is 1. The molecule has 0 radical (unpaired) electrons. The molecule has 2 heterocycles. The Balaban J connectivity index is 1.65. The molecule has 126 valence electrons. The molecule has 0 atom stereocenters. The van der Waals surface area contributed by atoms with Gasteiger partial charge in [-0.15, -0.1) is 0 Å². The third-order valence-corrected chi connectivity index (χ3v) is 5.18. The average Bonchev–Trinajstić information content (AvgIpc) is 2.59. The molecule has 0 bridgehead atoms. The second-order valence-electron chi connectivity index (χ2n) is 6.00. The monoisotopic (exact) mass is 364 g/mol. The summed E-state index contributed by atoms with van der Waals surface area (Å²) in [4.78, 5) is 18.5. The number of benzene rings is 1. The van der Waals surface area contributed by atoms with Crippen molar-refractivity contribution in [3.63, 3.8) is 0 Å². The van der Waals surface area contributed by atoms with E-state index in [-0.39, 0.29) is 12.3 Å². The van der Waals surface area contributed by atoms with Gasteiger partial charge in [-0.1, -0.05) is 35.3 Å². The highest BCUT2D eigenvalue weighted by Gasteiger charge is 2.36. The standard InChI is InChI=1S/C18H18Cl2N2O2/c19-14-4-3-5-15(20)13(14)12-17(23)22-10-7-18(24,8-11-22)16-6-1-2-9-21-16/h1-6,9,24H,7-8,10-12H2. The van der Waals surface area contributed by atoms with Crippen LogP contribution in [0.4, 0.5) is 0 Å². The van der Waals surface area contributed by atoms with Crippen molar-refractivity contribution in [3.05, 3.63) is 63.9 Å². The fourth-order valence-corrected chi connectivity index (χ4v) is 3.52. The number of pyridine rings is 1. The summed E-state index contributed by atoms with van der Waals surface area (Å²) in [6.45, 7) is 0.960. The van der Waals surface area contributed by atoms with E-state index in [1.807, 2.05) is 18.2 Å². The molecule has 0 spiro atoms. The first-order chi connectivity index (χ1) is 11.5. The largest absolute Gasteiger partial charge is 0.383 e. The Hall–Kier alpha value is -1.62. The van der Waals surface area contributed by atoms with Gasteiger partial charge >= 0.3 is 0 Å². The summed E-state index contributed by atoms with van der Waals surface area (Å²) in [6.07, 6.45) is 2.77. The van der Waals surface area contributed by atoms with Crippen molar-refractivity contribution < 1.29 is 9.90 Å². The number of rotatable bonds is 3. The quantitative estimate of drug-likeness (QED) is 0.907. The predicted molar refractivity (Wildman–Crippen MR) is 94.1 cm³/mol. The molecule has 4 nitrogen and oxygen atoms in total. The molecule has 6 heteroatoms. The lowest BCUT2D eigenvalue weighted by molar-refractivity contribution is -0.135. The van der Waals surface area contributed by atoms with Crippen LogP contribution in [0.25, 0.3) is 0 Å². The second-order valence-corrected chi connectivity index (χ2v) is 6.82. The minimum Gasteiger partial charge on any atom is -0.383 e. The molecule has 1 N–H and O–H groups in total. The summed E-state index contributed by atoms with van der Waals surface area (Å²) >= 11 is 12.3. The molecule has 0 saturated carbocycles. The van der Waals surface area contributed by atoms with Crippen molar-refractivity contribution in [2.45, 2.75) is 24.9 Å². The third kappa shape index (κ3) is 3.56. The van der Waals surface area contributed by atoms with Crippen LogP contribution in [0.2, 0.25) is 10.0 Å². The van der Waals surface area contributed by atoms with Gasteiger partial charge in [0.05, 0.1) is 12.1 Å². The number of nitrogens with zero attached hydrogens (tertiary/aromatic N) is 2. The third-order valence-electron chi connectivity index (χ3n) is 4.47. The summed E-state index contributed by atoms with van der Waals surface area (Å²) in [7, 11) is 0. The van der Waals surface area contributed by atoms with E-state index in [0.717, 1.165) is 0 Å². The first-order valence-electron chi connectivity index (χ1n) is 7.84. The maximum Gasteiger partial charge on any atom is 0.227 e. The normalized spacial score (nSPS) is 16.9. The van der Waals surface area contributed by atoms with Crippen LogP contribution in [0.1, 0.15) is 24.1 Å². The molecule has 24 heavy (non-hydrogen) atoms. The first kappa shape index (κ1) is 17.2. The van der Waals surface area contributed by atoms with Crippen LogP contribution in [0, 0.1) is 0 Å². The Kier molecular flexibility index (Phi) is 5.09. The van der Waals surface area contributed by atoms with E-state index in [1.165, 1.54) is 0 Å². The SMILES string of the molecule is O=C(Cc1c(Cl)cccc1Cl)N1CCC(O)(c2ccccn2)CC1. The first-order valence-corrected chi connectivity index (χ1v) is 8.60. The van der Waals surface area contributed by atoms with Crippen LogP contribution in [0.3, 0.4) is 0 Å². The van der Waals surface area contributed by atoms with Gasteiger partial charge in [0, 0.05) is 29.3 Å². The van der Waals surface area contributed by atoms with Gasteiger partial charge in [-0.25, -0.2) is 0 Å². The van der Waals surface area contributed by atoms with Crippen molar-refractivity contribution in [3.8, 4) is 0 Å². The van der Waals surface area contributed by atoms with E-state index < -0.39 is 5.60 Å². The van der Waals surface area contributed by atoms with Crippen molar-refractivity contribution >= 4 is 29.1 Å². The van der Waals surface area contributed by atoms with E-state index >= 15 is 0 Å². The number of hydrogen-bond acceptors (Lipinski definition) is 3. The molecule has 0 unspecified atom stereocenters. The zero-order valence-electron chi connectivity index (χ0n) is 13.1. The number of aromatic nitrogens is 1. The summed E-state index contributed by atoms with van der Waals surface area (Å²) in [5, 5.41) is 11.8. The van der Waals surface area contributed by atoms with Crippen molar-refractivity contribution in [2.75, 3.05) is 13.1 Å². The summed E-state index contributed by atoms with van der Waals surface area (Å²) in [5.74, 6) is -0.0342. The minimum absolute atomic E-state index is 0.0342. The van der Waals surface area contributed by atoms with E-state index in [9.17, 15) is 9.90 Å². The van der Waals surface area contributed by atoms with Crippen molar-refractivity contribution in [1.82, 2.24) is 9.88 Å². The maximum atomic E-state index is 12.5. The number of halogens is 2. The highest BCUT2D eigenvalue weighted by atomic mass is 35.5. The smallest absolute Gasteiger partial charge is 0.227 e. The molecule has 3 rings (SSSR count). The number of amides is 1. The van der Waals surface area contributed by atoms with Gasteiger partial charge in [-0.3, -0.25) is 9.78 Å². The summed E-state index contributed by atoms with van der Waals surface area (Å²) in [5.41, 5.74) is 0.336. The Bertz CT molecular complexity index is 709. The fourth-order valence-electron chi connectivity index (χ4n) is 2.98. The van der Waals surface area contributed by atoms with Crippen LogP contribution in [-0.4, -0.2) is 34.0 Å². The van der Waals surface area contributed by atoms with Crippen molar-refractivity contribution in [1.29, 1.82) is 0 Å². The molecule has 1 fully saturated rings. The molecule has 0 aliphatic carbocycles. The lowest BCUT2D eigenvalue weighted by Crippen LogP contribution is -2.46. The van der Waals surface area contributed by atoms with Gasteiger partial charge in [-0.2, -0.15) is 0 Å². The lowest BCUT2D eigenvalue weighted by Gasteiger charge is -2.38. The number of likely N-dealkylation sites (tertiary alicyclic amines) is 1. The van der Waals surface area contributed by atoms with Gasteiger partial charge in [0.25, 0.3) is 0 Å². The molecule has 2 aromatic rings. The topological polar surface area (TPSA) is 53.4 Å². The molecule has 1 aromatic heterocycles. The zero-order chi connectivity index (χ0) is 17.2. The molecule has 1 amide bonds. The van der Waals surface area contributed by atoms with E-state index in [1.54, 1.807) is 29.3 Å². The highest BCUT2D eigenvalue weighted by molar-refractivity contribution is 6.36. The Labute approximate surface area is 151 Å². The second kappa shape index (κ2) is 7.09. The van der Waals surface area contributed by atoms with Gasteiger partial charge < -0.3 is 10.0 Å². The molecular weight excluding hydrogens is 347 g/mol. The summed E-state index contributed by atoms with van der Waals surface area (Å²) < 4.78 is 0. The molecule has 1 aliphatic rings. The Morgan fingerprint density at radius 3 is 2.38 bits per heavy atom. The lowest BCUT2D eigenvalue weighted by atomic mass is 9.87. The van der Waals surface area contributed by atoms with E-state index in [2.05, 4.69) is 4.98 Å². The van der Waals surface area contributed by atoms with Crippen LogP contribution in [-0.2, 0) is 16.8 Å². The highest BCUT2D eigenvalue weighted by Crippen LogP contribution is 2.32. The van der Waals surface area contributed by atoms with Gasteiger partial charge in [0.1, 0.15) is 5.60 Å². The van der Waals surface area contributed by atoms with Crippen molar-refractivity contribution in [2.24, 2.45) is 0 Å². The average molecular weight is 365 g/mol. The van der Waals surface area contributed by atoms with E-state index in [4.69, 9.17) is 23.2 Å². The maximum absolute atomic E-state index is 12.5. The number of aliphatic hydroxyl groups is 1. The molecule has 1 aromatic carbocycles. The van der Waals surface area contributed by atoms with Crippen LogP contribution >= 0.6 is 23.2 Å². The Morgan fingerprint density at radius 1 is 1.12 bits per heavy atom. The minimum atomic E-state index is -0.972. The number of carbonyl (C=O) groups is 1. The van der Waals surface area contributed by atoms with Gasteiger partial charge in [-0.05, 0) is 42.7 Å². The molecular formula is C18H18Cl2N2O2. The van der Waals surface area contributed by atoms with E-state index in [0.29, 0.717) is 47.2 Å². The fraction of sp³-hybridized carbons (Fsp3) is 0.333. The Morgan fingerprint density at radius 2 is 1.79 bits per heavy atom. The summed E-state index contributed by atoms with van der Waals surface area (Å²) in [6, 6.07) is 10.7. The van der Waals surface area contributed by atoms with Gasteiger partial charge in [0.15, 0.2) is 0 Å². The van der Waals surface area contributed by atoms with Crippen LogP contribution in [0.5, 0.6) is 0 Å². The zero-order valence-corrected chi connectivity index (χ0v) is 14.6. The number of carbonyl (C=O) groups excluding carboxylic acids is 1.